The summed E-state index contributed by atoms with van der Waals surface area (Å²) in [5, 5.41) is 0.887. The Labute approximate surface area is 142 Å². The molecule has 3 rings (SSSR count). The van der Waals surface area contributed by atoms with Crippen LogP contribution in [0.15, 0.2) is 29.3 Å². The van der Waals surface area contributed by atoms with E-state index in [4.69, 9.17) is 23.2 Å². The Kier molecular flexibility index (Phi) is 4.42. The van der Waals surface area contributed by atoms with Gasteiger partial charge in [0.2, 0.25) is 0 Å². The van der Waals surface area contributed by atoms with Crippen LogP contribution in [0, 0.1) is 0 Å². The number of amidine groups is 1. The number of sulfone groups is 1. The second-order valence-electron chi connectivity index (χ2n) is 5.07. The quantitative estimate of drug-likeness (QED) is 0.737. The van der Waals surface area contributed by atoms with Crippen molar-refractivity contribution < 1.29 is 13.2 Å². The van der Waals surface area contributed by atoms with Crippen molar-refractivity contribution in [3.05, 3.63) is 29.3 Å². The van der Waals surface area contributed by atoms with Crippen molar-refractivity contribution in [2.75, 3.05) is 22.3 Å². The molecule has 118 valence electrons. The number of anilines is 1. The van der Waals surface area contributed by atoms with Gasteiger partial charge in [0.25, 0.3) is 5.91 Å². The number of fused-ring (bicyclic) bond motifs is 1. The number of amides is 1. The molecule has 0 N–H and O–H groups in total. The SMILES string of the molecule is O=C(CCl)N=C1S[C@@H]2CS(=O)(=O)C[C@H]2N1c1cccc(Cl)c1. The second kappa shape index (κ2) is 6.03. The van der Waals surface area contributed by atoms with E-state index in [1.165, 1.54) is 11.8 Å². The number of halogens is 2. The molecule has 0 spiro atoms. The molecule has 0 aliphatic carbocycles. The molecule has 5 nitrogen and oxygen atoms in total. The minimum Gasteiger partial charge on any atom is -0.316 e. The van der Waals surface area contributed by atoms with Crippen LogP contribution >= 0.6 is 35.0 Å². The van der Waals surface area contributed by atoms with Gasteiger partial charge < -0.3 is 4.90 Å². The highest BCUT2D eigenvalue weighted by Gasteiger charge is 2.49. The minimum absolute atomic E-state index is 0.0469. The first kappa shape index (κ1) is 16.1. The highest BCUT2D eigenvalue weighted by Crippen LogP contribution is 2.41. The Morgan fingerprint density at radius 2 is 2.18 bits per heavy atom. The first-order valence-corrected chi connectivity index (χ1v) is 10.1. The molecule has 2 heterocycles. The third-order valence-electron chi connectivity index (χ3n) is 3.49. The number of nitrogens with zero attached hydrogens (tertiary/aromatic N) is 2. The van der Waals surface area contributed by atoms with E-state index in [1.54, 1.807) is 23.1 Å². The minimum atomic E-state index is -3.08. The number of aliphatic imine (C=N–C) groups is 1. The fourth-order valence-corrected chi connectivity index (χ4v) is 6.80. The van der Waals surface area contributed by atoms with Crippen LogP contribution in [0.4, 0.5) is 5.69 Å². The molecule has 0 radical (unpaired) electrons. The summed E-state index contributed by atoms with van der Waals surface area (Å²) in [6.07, 6.45) is 0. The lowest BCUT2D eigenvalue weighted by molar-refractivity contribution is -0.115. The molecule has 0 aromatic heterocycles. The van der Waals surface area contributed by atoms with Gasteiger partial charge >= 0.3 is 0 Å². The Bertz CT molecular complexity index is 751. The number of rotatable bonds is 2. The van der Waals surface area contributed by atoms with E-state index >= 15 is 0 Å². The standard InChI is InChI=1S/C13H12Cl2N2O3S2/c14-5-12(18)16-13-17(9-3-1-2-8(15)4-9)10-6-22(19,20)7-11(10)21-13/h1-4,10-11H,5-7H2/t10-,11-/m1/s1. The second-order valence-corrected chi connectivity index (χ2v) is 9.14. The van der Waals surface area contributed by atoms with Crippen molar-refractivity contribution >= 4 is 61.6 Å². The van der Waals surface area contributed by atoms with Gasteiger partial charge in [-0.15, -0.1) is 11.6 Å². The molecule has 9 heteroatoms. The number of hydrogen-bond donors (Lipinski definition) is 0. The average molecular weight is 379 g/mol. The number of benzene rings is 1. The van der Waals surface area contributed by atoms with Crippen LogP contribution in [-0.4, -0.2) is 48.2 Å². The van der Waals surface area contributed by atoms with Crippen molar-refractivity contribution in [2.45, 2.75) is 11.3 Å². The fourth-order valence-electron chi connectivity index (χ4n) is 2.63. The van der Waals surface area contributed by atoms with Crippen molar-refractivity contribution in [3.8, 4) is 0 Å². The molecular weight excluding hydrogens is 367 g/mol. The molecule has 2 aliphatic rings. The van der Waals surface area contributed by atoms with E-state index in [2.05, 4.69) is 4.99 Å². The number of carbonyl (C=O) groups is 1. The lowest BCUT2D eigenvalue weighted by Crippen LogP contribution is -2.37. The Morgan fingerprint density at radius 1 is 1.41 bits per heavy atom. The van der Waals surface area contributed by atoms with Crippen molar-refractivity contribution in [3.63, 3.8) is 0 Å². The van der Waals surface area contributed by atoms with Gasteiger partial charge in [-0.2, -0.15) is 4.99 Å². The zero-order valence-electron chi connectivity index (χ0n) is 11.3. The third-order valence-corrected chi connectivity index (χ3v) is 7.16. The van der Waals surface area contributed by atoms with Gasteiger partial charge in [-0.25, -0.2) is 8.42 Å². The summed E-state index contributed by atoms with van der Waals surface area (Å²) in [5.41, 5.74) is 0.728. The Balaban J connectivity index is 2.03. The summed E-state index contributed by atoms with van der Waals surface area (Å²) in [6.45, 7) is 0. The first-order valence-electron chi connectivity index (χ1n) is 6.49. The smallest absolute Gasteiger partial charge is 0.262 e. The van der Waals surface area contributed by atoms with Crippen LogP contribution in [0.5, 0.6) is 0 Å². The maximum Gasteiger partial charge on any atom is 0.262 e. The topological polar surface area (TPSA) is 66.8 Å². The largest absolute Gasteiger partial charge is 0.316 e. The fraction of sp³-hybridized carbons (Fsp3) is 0.385. The van der Waals surface area contributed by atoms with Gasteiger partial charge in [-0.3, -0.25) is 4.79 Å². The molecule has 1 amide bonds. The van der Waals surface area contributed by atoms with Crippen LogP contribution in [0.25, 0.3) is 0 Å². The van der Waals surface area contributed by atoms with Gasteiger partial charge in [0.15, 0.2) is 15.0 Å². The highest BCUT2D eigenvalue weighted by molar-refractivity contribution is 8.16. The summed E-state index contributed by atoms with van der Waals surface area (Å²) in [7, 11) is -3.08. The number of carbonyl (C=O) groups excluding carboxylic acids is 1. The normalized spacial score (nSPS) is 28.1. The Hall–Kier alpha value is -0.760. The molecule has 0 bridgehead atoms. The van der Waals surface area contributed by atoms with Gasteiger partial charge in [0.1, 0.15) is 5.88 Å². The van der Waals surface area contributed by atoms with Gasteiger partial charge in [-0.05, 0) is 18.2 Å². The lowest BCUT2D eigenvalue weighted by atomic mass is 10.2. The molecule has 0 unspecified atom stereocenters. The van der Waals surface area contributed by atoms with Crippen molar-refractivity contribution in [1.82, 2.24) is 0 Å². The van der Waals surface area contributed by atoms with E-state index in [0.717, 1.165) is 5.69 Å². The molecule has 2 aliphatic heterocycles. The molecule has 1 aromatic rings. The first-order chi connectivity index (χ1) is 10.4. The predicted molar refractivity (Wildman–Crippen MR) is 90.9 cm³/mol. The van der Waals surface area contributed by atoms with E-state index in [9.17, 15) is 13.2 Å². The molecule has 2 fully saturated rings. The van der Waals surface area contributed by atoms with Crippen molar-refractivity contribution in [2.24, 2.45) is 4.99 Å². The van der Waals surface area contributed by atoms with Crippen LogP contribution < -0.4 is 4.90 Å². The highest BCUT2D eigenvalue weighted by atomic mass is 35.5. The van der Waals surface area contributed by atoms with E-state index in [1.807, 2.05) is 6.07 Å². The van der Waals surface area contributed by atoms with Crippen LogP contribution in [0.2, 0.25) is 5.02 Å². The lowest BCUT2D eigenvalue weighted by Gasteiger charge is -2.24. The van der Waals surface area contributed by atoms with E-state index < -0.39 is 15.7 Å². The van der Waals surface area contributed by atoms with Crippen LogP contribution in [0.1, 0.15) is 0 Å². The molecule has 2 saturated heterocycles. The summed E-state index contributed by atoms with van der Waals surface area (Å²) < 4.78 is 23.8. The molecule has 1 aromatic carbocycles. The summed E-state index contributed by atoms with van der Waals surface area (Å²) in [5.74, 6) is -0.515. The summed E-state index contributed by atoms with van der Waals surface area (Å²) in [6, 6.07) is 6.82. The maximum atomic E-state index is 11.9. The molecule has 2 atom stereocenters. The zero-order valence-corrected chi connectivity index (χ0v) is 14.4. The molecule has 0 saturated carbocycles. The maximum absolute atomic E-state index is 11.9. The molecular formula is C13H12Cl2N2O3S2. The Morgan fingerprint density at radius 3 is 2.86 bits per heavy atom. The summed E-state index contributed by atoms with van der Waals surface area (Å²) >= 11 is 12.8. The van der Waals surface area contributed by atoms with Crippen LogP contribution in [-0.2, 0) is 14.6 Å². The molecule has 22 heavy (non-hydrogen) atoms. The predicted octanol–water partition coefficient (Wildman–Crippen LogP) is 2.18. The number of thioether (sulfide) groups is 1. The third kappa shape index (κ3) is 3.13. The monoisotopic (exact) mass is 378 g/mol. The summed E-state index contributed by atoms with van der Waals surface area (Å²) in [4.78, 5) is 17.4. The van der Waals surface area contributed by atoms with E-state index in [0.29, 0.717) is 10.2 Å². The van der Waals surface area contributed by atoms with Gasteiger partial charge in [0, 0.05) is 16.0 Å². The van der Waals surface area contributed by atoms with Crippen molar-refractivity contribution in [1.29, 1.82) is 0 Å². The zero-order chi connectivity index (χ0) is 15.9. The number of alkyl halides is 1. The van der Waals surface area contributed by atoms with Crippen LogP contribution in [0.3, 0.4) is 0 Å². The number of hydrogen-bond acceptors (Lipinski definition) is 4. The van der Waals surface area contributed by atoms with Gasteiger partial charge in [0.05, 0.1) is 17.5 Å². The van der Waals surface area contributed by atoms with Gasteiger partial charge in [-0.1, -0.05) is 29.4 Å². The van der Waals surface area contributed by atoms with E-state index in [-0.39, 0.29) is 28.7 Å². The average Bonchev–Trinajstić information content (AvgIpc) is 2.89.